The van der Waals surface area contributed by atoms with Crippen molar-refractivity contribution in [3.05, 3.63) is 29.7 Å². The van der Waals surface area contributed by atoms with Crippen LogP contribution in [-0.4, -0.2) is 42.2 Å². The third-order valence-corrected chi connectivity index (χ3v) is 7.09. The van der Waals surface area contributed by atoms with Crippen LogP contribution in [0.4, 0.5) is 0 Å². The smallest absolute Gasteiger partial charge is 0.256 e. The molecule has 2 atom stereocenters. The van der Waals surface area contributed by atoms with Gasteiger partial charge in [0.15, 0.2) is 5.82 Å². The van der Waals surface area contributed by atoms with Crippen molar-refractivity contribution in [2.75, 3.05) is 0 Å². The van der Waals surface area contributed by atoms with Crippen molar-refractivity contribution in [2.24, 2.45) is 17.8 Å². The number of rotatable bonds is 3. The first-order valence-electron chi connectivity index (χ1n) is 10.8. The summed E-state index contributed by atoms with van der Waals surface area (Å²) in [6.45, 7) is 8.19. The van der Waals surface area contributed by atoms with Gasteiger partial charge in [0.2, 0.25) is 0 Å². The number of hydrogen-bond acceptors (Lipinski definition) is 4. The lowest BCUT2D eigenvalue weighted by Crippen LogP contribution is -2.61. The molecule has 2 aromatic rings. The maximum absolute atomic E-state index is 13.4. The highest BCUT2D eigenvalue weighted by Crippen LogP contribution is 2.55. The second-order valence-corrected chi connectivity index (χ2v) is 10.6. The first kappa shape index (κ1) is 18.9. The van der Waals surface area contributed by atoms with Crippen LogP contribution in [0.5, 0.6) is 0 Å². The number of nitrogens with one attached hydrogen (secondary N) is 1. The minimum absolute atomic E-state index is 0.0897. The van der Waals surface area contributed by atoms with E-state index in [-0.39, 0.29) is 17.5 Å². The summed E-state index contributed by atoms with van der Waals surface area (Å²) in [5, 5.41) is 23.1. The SMILES string of the molecule is Cc1cnn(-c2c(C(=O)N[C@H]3C4CC5CC3C[C@](O)(C5)C4)cnn2C(C)(C)C)c1. The van der Waals surface area contributed by atoms with Gasteiger partial charge in [0.05, 0.1) is 23.5 Å². The molecule has 2 aromatic heterocycles. The van der Waals surface area contributed by atoms with Gasteiger partial charge in [0.1, 0.15) is 5.56 Å². The number of amides is 1. The summed E-state index contributed by atoms with van der Waals surface area (Å²) in [4.78, 5) is 13.4. The lowest BCUT2D eigenvalue weighted by atomic mass is 9.52. The fourth-order valence-corrected chi connectivity index (χ4v) is 6.19. The first-order valence-corrected chi connectivity index (χ1v) is 10.8. The first-order chi connectivity index (χ1) is 13.6. The Hall–Kier alpha value is -2.15. The van der Waals surface area contributed by atoms with E-state index in [2.05, 4.69) is 36.3 Å². The van der Waals surface area contributed by atoms with Crippen LogP contribution in [0, 0.1) is 24.7 Å². The monoisotopic (exact) mass is 397 g/mol. The molecule has 156 valence electrons. The largest absolute Gasteiger partial charge is 0.390 e. The van der Waals surface area contributed by atoms with Gasteiger partial charge in [-0.2, -0.15) is 10.2 Å². The average molecular weight is 398 g/mol. The molecule has 0 aliphatic heterocycles. The van der Waals surface area contributed by atoms with E-state index in [1.807, 2.05) is 17.8 Å². The highest BCUT2D eigenvalue weighted by molar-refractivity contribution is 5.97. The molecule has 4 bridgehead atoms. The number of aryl methyl sites for hydroxylation is 1. The number of nitrogens with zero attached hydrogens (tertiary/aromatic N) is 4. The van der Waals surface area contributed by atoms with Crippen LogP contribution in [0.1, 0.15) is 68.8 Å². The van der Waals surface area contributed by atoms with Crippen molar-refractivity contribution >= 4 is 5.91 Å². The van der Waals surface area contributed by atoms with Crippen molar-refractivity contribution in [3.8, 4) is 5.82 Å². The molecule has 4 fully saturated rings. The third-order valence-electron chi connectivity index (χ3n) is 7.09. The van der Waals surface area contributed by atoms with E-state index >= 15 is 0 Å². The Kier molecular flexibility index (Phi) is 4.01. The maximum atomic E-state index is 13.4. The van der Waals surface area contributed by atoms with Crippen LogP contribution in [0.15, 0.2) is 18.6 Å². The summed E-state index contributed by atoms with van der Waals surface area (Å²) < 4.78 is 3.62. The number of aromatic nitrogens is 4. The minimum atomic E-state index is -0.493. The molecular formula is C22H31N5O2. The predicted molar refractivity (Wildman–Crippen MR) is 109 cm³/mol. The van der Waals surface area contributed by atoms with Crippen LogP contribution in [-0.2, 0) is 5.54 Å². The zero-order valence-electron chi connectivity index (χ0n) is 17.7. The van der Waals surface area contributed by atoms with Crippen molar-refractivity contribution in [1.82, 2.24) is 24.9 Å². The van der Waals surface area contributed by atoms with E-state index < -0.39 is 5.60 Å². The van der Waals surface area contributed by atoms with Crippen LogP contribution in [0.2, 0.25) is 0 Å². The van der Waals surface area contributed by atoms with Gasteiger partial charge < -0.3 is 10.4 Å². The zero-order valence-corrected chi connectivity index (χ0v) is 17.7. The summed E-state index contributed by atoms with van der Waals surface area (Å²) in [7, 11) is 0. The molecule has 2 unspecified atom stereocenters. The zero-order chi connectivity index (χ0) is 20.6. The third kappa shape index (κ3) is 3.10. The number of hydrogen-bond donors (Lipinski definition) is 2. The molecule has 7 heteroatoms. The molecule has 0 saturated heterocycles. The molecule has 1 amide bonds. The van der Waals surface area contributed by atoms with Crippen molar-refractivity contribution in [1.29, 1.82) is 0 Å². The van der Waals surface area contributed by atoms with E-state index in [1.165, 1.54) is 0 Å². The molecule has 4 aliphatic rings. The Balaban J connectivity index is 1.46. The van der Waals surface area contributed by atoms with Gasteiger partial charge in [-0.1, -0.05) is 0 Å². The fourth-order valence-electron chi connectivity index (χ4n) is 6.19. The van der Waals surface area contributed by atoms with Gasteiger partial charge in [-0.3, -0.25) is 4.79 Å². The van der Waals surface area contributed by atoms with E-state index in [0.29, 0.717) is 29.1 Å². The number of carbonyl (C=O) groups is 1. The quantitative estimate of drug-likeness (QED) is 0.834. The second-order valence-electron chi connectivity index (χ2n) is 10.6. The van der Waals surface area contributed by atoms with Gasteiger partial charge >= 0.3 is 0 Å². The van der Waals surface area contributed by atoms with Crippen molar-refractivity contribution in [2.45, 2.75) is 77.0 Å². The highest BCUT2D eigenvalue weighted by atomic mass is 16.3. The highest BCUT2D eigenvalue weighted by Gasteiger charge is 2.55. The lowest BCUT2D eigenvalue weighted by molar-refractivity contribution is -0.136. The van der Waals surface area contributed by atoms with Crippen LogP contribution >= 0.6 is 0 Å². The van der Waals surface area contributed by atoms with E-state index in [4.69, 9.17) is 0 Å². The summed E-state index contributed by atoms with van der Waals surface area (Å²) in [6.07, 6.45) is 10.2. The van der Waals surface area contributed by atoms with E-state index in [0.717, 1.165) is 37.7 Å². The van der Waals surface area contributed by atoms with Crippen LogP contribution in [0.25, 0.3) is 5.82 Å². The lowest BCUT2D eigenvalue weighted by Gasteiger charge is -2.58. The van der Waals surface area contributed by atoms with E-state index in [1.54, 1.807) is 17.1 Å². The standard InChI is InChI=1S/C22H31N5O2/c1-13-10-23-26(12-13)20-17(11-24-27(20)21(2,3)4)19(28)25-18-15-5-14-6-16(18)9-22(29,7-14)8-15/h10-12,14-16,18,29H,5-9H2,1-4H3,(H,25,28)/t14?,15?,16?,18-,22-. The molecule has 7 nitrogen and oxygen atoms in total. The second kappa shape index (κ2) is 6.17. The van der Waals surface area contributed by atoms with Gasteiger partial charge in [0.25, 0.3) is 5.91 Å². The van der Waals surface area contributed by atoms with Gasteiger partial charge in [-0.25, -0.2) is 9.36 Å². The summed E-state index contributed by atoms with van der Waals surface area (Å²) in [6, 6.07) is 0.143. The molecule has 0 spiro atoms. The van der Waals surface area contributed by atoms with E-state index in [9.17, 15) is 9.90 Å². The summed E-state index contributed by atoms with van der Waals surface area (Å²) in [5.41, 5.74) is 0.814. The maximum Gasteiger partial charge on any atom is 0.256 e. The topological polar surface area (TPSA) is 85.0 Å². The molecule has 29 heavy (non-hydrogen) atoms. The summed E-state index contributed by atoms with van der Waals surface area (Å²) in [5.74, 6) is 1.99. The van der Waals surface area contributed by atoms with Crippen LogP contribution in [0.3, 0.4) is 0 Å². The van der Waals surface area contributed by atoms with Gasteiger partial charge in [-0.15, -0.1) is 0 Å². The molecule has 4 saturated carbocycles. The molecule has 0 radical (unpaired) electrons. The Labute approximate surface area is 171 Å². The molecular weight excluding hydrogens is 366 g/mol. The number of aliphatic hydroxyl groups is 1. The number of carbonyl (C=O) groups excluding carboxylic acids is 1. The molecule has 6 rings (SSSR count). The normalized spacial score (nSPS) is 33.3. The molecule has 0 aromatic carbocycles. The minimum Gasteiger partial charge on any atom is -0.390 e. The van der Waals surface area contributed by atoms with Gasteiger partial charge in [-0.05, 0) is 83.1 Å². The fraction of sp³-hybridized carbons (Fsp3) is 0.682. The Bertz CT molecular complexity index is 937. The Morgan fingerprint density at radius 2 is 1.86 bits per heavy atom. The Morgan fingerprint density at radius 1 is 1.17 bits per heavy atom. The van der Waals surface area contributed by atoms with Crippen molar-refractivity contribution < 1.29 is 9.90 Å². The van der Waals surface area contributed by atoms with Crippen molar-refractivity contribution in [3.63, 3.8) is 0 Å². The van der Waals surface area contributed by atoms with Gasteiger partial charge in [0, 0.05) is 12.2 Å². The average Bonchev–Trinajstić information content (AvgIpc) is 3.22. The van der Waals surface area contributed by atoms with Crippen LogP contribution < -0.4 is 5.32 Å². The predicted octanol–water partition coefficient (Wildman–Crippen LogP) is 2.80. The summed E-state index contributed by atoms with van der Waals surface area (Å²) >= 11 is 0. The molecule has 2 N–H and O–H groups in total. The molecule has 2 heterocycles. The molecule has 4 aliphatic carbocycles. The Morgan fingerprint density at radius 3 is 2.41 bits per heavy atom.